The molecule has 1 saturated heterocycles. The minimum Gasteiger partial charge on any atom is -0.454 e. The standard InChI is InChI=1S/C22H29N3O7S/c1-14(2)20(22(27)31-13-19-23-15(3)16(4)32-19)24-21(26)17-6-5-7-18(12-17)33(28,29)25-8-10-30-11-9-25/h5-7,12,14,20H,8-11,13H2,1-4H3,(H,24,26)/t20-/m0/s1. The second-order valence-electron chi connectivity index (χ2n) is 8.10. The maximum atomic E-state index is 12.9. The van der Waals surface area contributed by atoms with E-state index >= 15 is 0 Å². The van der Waals surface area contributed by atoms with Crippen molar-refractivity contribution >= 4 is 21.9 Å². The third kappa shape index (κ3) is 5.98. The van der Waals surface area contributed by atoms with Crippen molar-refractivity contribution in [3.05, 3.63) is 47.2 Å². The van der Waals surface area contributed by atoms with Crippen LogP contribution in [0.15, 0.2) is 33.6 Å². The maximum absolute atomic E-state index is 12.9. The minimum absolute atomic E-state index is 0.00959. The van der Waals surface area contributed by atoms with Gasteiger partial charge in [0, 0.05) is 18.7 Å². The molecule has 1 atom stereocenters. The Bertz CT molecular complexity index is 1090. The third-order valence-electron chi connectivity index (χ3n) is 5.32. The molecule has 0 bridgehead atoms. The van der Waals surface area contributed by atoms with E-state index in [4.69, 9.17) is 13.9 Å². The minimum atomic E-state index is -3.76. The van der Waals surface area contributed by atoms with Crippen LogP contribution in [0.4, 0.5) is 0 Å². The molecule has 1 aromatic heterocycles. The van der Waals surface area contributed by atoms with E-state index in [0.717, 1.165) is 0 Å². The van der Waals surface area contributed by atoms with Gasteiger partial charge in [-0.2, -0.15) is 4.31 Å². The summed E-state index contributed by atoms with van der Waals surface area (Å²) in [6.45, 7) is 8.09. The summed E-state index contributed by atoms with van der Waals surface area (Å²) in [5.74, 6) is -0.568. The summed E-state index contributed by atoms with van der Waals surface area (Å²) in [7, 11) is -3.76. The first-order valence-electron chi connectivity index (χ1n) is 10.7. The van der Waals surface area contributed by atoms with Crippen molar-refractivity contribution in [2.24, 2.45) is 5.92 Å². The van der Waals surface area contributed by atoms with E-state index in [1.165, 1.54) is 28.6 Å². The predicted molar refractivity (Wildman–Crippen MR) is 118 cm³/mol. The Kier molecular flexibility index (Phi) is 7.88. The first-order chi connectivity index (χ1) is 15.6. The Hall–Kier alpha value is -2.76. The second-order valence-corrected chi connectivity index (χ2v) is 10.0. The molecule has 1 aromatic carbocycles. The number of rotatable bonds is 8. The molecule has 180 valence electrons. The van der Waals surface area contributed by atoms with Crippen molar-refractivity contribution < 1.29 is 31.9 Å². The van der Waals surface area contributed by atoms with Crippen molar-refractivity contribution in [1.82, 2.24) is 14.6 Å². The lowest BCUT2D eigenvalue weighted by molar-refractivity contribution is -0.149. The number of carbonyl (C=O) groups excluding carboxylic acids is 2. The number of ether oxygens (including phenoxy) is 2. The summed E-state index contributed by atoms with van der Waals surface area (Å²) in [5.41, 5.74) is 0.836. The quantitative estimate of drug-likeness (QED) is 0.568. The van der Waals surface area contributed by atoms with E-state index < -0.39 is 27.9 Å². The number of hydrogen-bond donors (Lipinski definition) is 1. The maximum Gasteiger partial charge on any atom is 0.329 e. The van der Waals surface area contributed by atoms with Crippen molar-refractivity contribution in [2.45, 2.75) is 45.2 Å². The number of hydrogen-bond acceptors (Lipinski definition) is 8. The molecule has 0 saturated carbocycles. The van der Waals surface area contributed by atoms with Crippen LogP contribution >= 0.6 is 0 Å². The second kappa shape index (κ2) is 10.4. The number of nitrogens with zero attached hydrogens (tertiary/aromatic N) is 2. The zero-order valence-corrected chi connectivity index (χ0v) is 20.0. The summed E-state index contributed by atoms with van der Waals surface area (Å²) in [6, 6.07) is 4.80. The van der Waals surface area contributed by atoms with Gasteiger partial charge in [-0.1, -0.05) is 19.9 Å². The highest BCUT2D eigenvalue weighted by molar-refractivity contribution is 7.89. The fourth-order valence-corrected chi connectivity index (χ4v) is 4.73. The van der Waals surface area contributed by atoms with E-state index in [9.17, 15) is 18.0 Å². The van der Waals surface area contributed by atoms with Gasteiger partial charge in [0.15, 0.2) is 6.61 Å². The Labute approximate surface area is 193 Å². The number of sulfonamides is 1. The molecule has 1 N–H and O–H groups in total. The molecule has 2 heterocycles. The number of aryl methyl sites for hydroxylation is 2. The van der Waals surface area contributed by atoms with Crippen molar-refractivity contribution in [2.75, 3.05) is 26.3 Å². The molecular weight excluding hydrogens is 450 g/mol. The number of aromatic nitrogens is 1. The Morgan fingerprint density at radius 2 is 1.91 bits per heavy atom. The van der Waals surface area contributed by atoms with Crippen LogP contribution in [-0.2, 0) is 30.9 Å². The Morgan fingerprint density at radius 1 is 1.21 bits per heavy atom. The van der Waals surface area contributed by atoms with Crippen LogP contribution in [0.25, 0.3) is 0 Å². The molecule has 1 aliphatic rings. The molecule has 0 unspecified atom stereocenters. The lowest BCUT2D eigenvalue weighted by Crippen LogP contribution is -2.45. The number of carbonyl (C=O) groups is 2. The van der Waals surface area contributed by atoms with Crippen LogP contribution in [0.3, 0.4) is 0 Å². The number of morpholine rings is 1. The van der Waals surface area contributed by atoms with E-state index in [0.29, 0.717) is 24.7 Å². The highest BCUT2D eigenvalue weighted by atomic mass is 32.2. The van der Waals surface area contributed by atoms with Gasteiger partial charge in [-0.05, 0) is 38.0 Å². The monoisotopic (exact) mass is 479 g/mol. The van der Waals surface area contributed by atoms with Crippen LogP contribution in [0, 0.1) is 19.8 Å². The van der Waals surface area contributed by atoms with Crippen molar-refractivity contribution in [3.63, 3.8) is 0 Å². The smallest absolute Gasteiger partial charge is 0.329 e. The van der Waals surface area contributed by atoms with E-state index in [1.54, 1.807) is 27.7 Å². The summed E-state index contributed by atoms with van der Waals surface area (Å²) in [4.78, 5) is 29.7. The first kappa shape index (κ1) is 24.9. The van der Waals surface area contributed by atoms with Crippen LogP contribution in [-0.4, -0.2) is 61.9 Å². The molecule has 1 fully saturated rings. The van der Waals surface area contributed by atoms with E-state index in [2.05, 4.69) is 10.3 Å². The summed E-state index contributed by atoms with van der Waals surface area (Å²) in [6.07, 6.45) is 0. The normalized spacial score (nSPS) is 15.9. The van der Waals surface area contributed by atoms with Gasteiger partial charge in [0.1, 0.15) is 11.8 Å². The van der Waals surface area contributed by atoms with Gasteiger partial charge in [0.05, 0.1) is 23.8 Å². The number of oxazole rings is 1. The molecule has 0 spiro atoms. The summed E-state index contributed by atoms with van der Waals surface area (Å²) >= 11 is 0. The van der Waals surface area contributed by atoms with Crippen molar-refractivity contribution in [1.29, 1.82) is 0 Å². The number of benzene rings is 1. The predicted octanol–water partition coefficient (Wildman–Crippen LogP) is 1.81. The van der Waals surface area contributed by atoms with Gasteiger partial charge in [-0.3, -0.25) is 4.79 Å². The molecule has 3 rings (SSSR count). The Balaban J connectivity index is 1.69. The zero-order valence-electron chi connectivity index (χ0n) is 19.2. The molecule has 0 radical (unpaired) electrons. The molecule has 1 amide bonds. The van der Waals surface area contributed by atoms with Crippen molar-refractivity contribution in [3.8, 4) is 0 Å². The molecule has 1 aliphatic heterocycles. The van der Waals surface area contributed by atoms with Gasteiger partial charge in [-0.15, -0.1) is 0 Å². The summed E-state index contributed by atoms with van der Waals surface area (Å²) in [5, 5.41) is 2.65. The van der Waals surface area contributed by atoms with E-state index in [-0.39, 0.29) is 42.0 Å². The summed E-state index contributed by atoms with van der Waals surface area (Å²) < 4.78 is 43.0. The fourth-order valence-electron chi connectivity index (χ4n) is 3.28. The fraction of sp³-hybridized carbons (Fsp3) is 0.500. The van der Waals surface area contributed by atoms with Crippen LogP contribution < -0.4 is 5.32 Å². The molecule has 11 heteroatoms. The topological polar surface area (TPSA) is 128 Å². The molecule has 2 aromatic rings. The van der Waals surface area contributed by atoms with Gasteiger partial charge < -0.3 is 19.2 Å². The average molecular weight is 480 g/mol. The van der Waals surface area contributed by atoms with Crippen LogP contribution in [0.5, 0.6) is 0 Å². The molecule has 33 heavy (non-hydrogen) atoms. The first-order valence-corrected chi connectivity index (χ1v) is 12.1. The van der Waals surface area contributed by atoms with Gasteiger partial charge in [-0.25, -0.2) is 18.2 Å². The lowest BCUT2D eigenvalue weighted by Gasteiger charge is -2.26. The number of esters is 1. The highest BCUT2D eigenvalue weighted by Gasteiger charge is 2.29. The SMILES string of the molecule is Cc1nc(COC(=O)[C@@H](NC(=O)c2cccc(S(=O)(=O)N3CCOCC3)c2)C(C)C)oc1C. The third-order valence-corrected chi connectivity index (χ3v) is 7.22. The molecular formula is C22H29N3O7S. The lowest BCUT2D eigenvalue weighted by atomic mass is 10.0. The van der Waals surface area contributed by atoms with Gasteiger partial charge >= 0.3 is 5.97 Å². The van der Waals surface area contributed by atoms with E-state index in [1.807, 2.05) is 0 Å². The molecule has 0 aliphatic carbocycles. The number of amides is 1. The average Bonchev–Trinajstić information content (AvgIpc) is 3.13. The van der Waals surface area contributed by atoms with Crippen LogP contribution in [0.2, 0.25) is 0 Å². The zero-order chi connectivity index (χ0) is 24.2. The van der Waals surface area contributed by atoms with Gasteiger partial charge in [0.25, 0.3) is 5.91 Å². The largest absolute Gasteiger partial charge is 0.454 e. The number of nitrogens with one attached hydrogen (secondary N) is 1. The molecule has 10 nitrogen and oxygen atoms in total. The van der Waals surface area contributed by atoms with Crippen LogP contribution in [0.1, 0.15) is 41.6 Å². The van der Waals surface area contributed by atoms with Gasteiger partial charge in [0.2, 0.25) is 15.9 Å². The highest BCUT2D eigenvalue weighted by Crippen LogP contribution is 2.19. The Morgan fingerprint density at radius 3 is 2.52 bits per heavy atom.